The Balaban J connectivity index is 1.23. The summed E-state index contributed by atoms with van der Waals surface area (Å²) in [5, 5.41) is 6.70. The summed E-state index contributed by atoms with van der Waals surface area (Å²) in [5.41, 5.74) is 1.35. The zero-order valence-corrected chi connectivity index (χ0v) is 17.0. The third kappa shape index (κ3) is 5.31. The molecule has 1 unspecified atom stereocenters. The summed E-state index contributed by atoms with van der Waals surface area (Å²) in [5.74, 6) is 0.477. The molecule has 1 amide bonds. The average molecular weight is 386 g/mol. The normalized spacial score (nSPS) is 26.2. The van der Waals surface area contributed by atoms with E-state index in [1.165, 1.54) is 18.4 Å². The van der Waals surface area contributed by atoms with E-state index >= 15 is 0 Å². The van der Waals surface area contributed by atoms with Crippen molar-refractivity contribution in [2.24, 2.45) is 5.92 Å². The Morgan fingerprint density at radius 3 is 2.57 bits per heavy atom. The van der Waals surface area contributed by atoms with Crippen LogP contribution in [-0.4, -0.2) is 72.0 Å². The van der Waals surface area contributed by atoms with Crippen LogP contribution in [0.1, 0.15) is 44.1 Å². The quantitative estimate of drug-likeness (QED) is 0.807. The second kappa shape index (κ2) is 9.81. The van der Waals surface area contributed by atoms with Crippen LogP contribution in [-0.2, 0) is 11.3 Å². The second-order valence-corrected chi connectivity index (χ2v) is 8.73. The van der Waals surface area contributed by atoms with Gasteiger partial charge in [0.15, 0.2) is 0 Å². The molecule has 3 aliphatic heterocycles. The van der Waals surface area contributed by atoms with Gasteiger partial charge in [-0.2, -0.15) is 0 Å². The molecule has 0 spiro atoms. The zero-order chi connectivity index (χ0) is 19.2. The van der Waals surface area contributed by atoms with Crippen LogP contribution in [0.3, 0.4) is 0 Å². The summed E-state index contributed by atoms with van der Waals surface area (Å²) in [4.78, 5) is 22.1. The molecule has 1 aromatic heterocycles. The highest BCUT2D eigenvalue weighted by Crippen LogP contribution is 2.25. The van der Waals surface area contributed by atoms with Gasteiger partial charge in [0.2, 0.25) is 5.91 Å². The molecular weight excluding hydrogens is 350 g/mol. The summed E-state index contributed by atoms with van der Waals surface area (Å²) in [6.07, 6.45) is 10.5. The maximum atomic E-state index is 12.8. The van der Waals surface area contributed by atoms with Crippen molar-refractivity contribution in [2.75, 3.05) is 39.3 Å². The van der Waals surface area contributed by atoms with Crippen molar-refractivity contribution in [3.05, 3.63) is 30.1 Å². The molecule has 0 saturated carbocycles. The van der Waals surface area contributed by atoms with E-state index < -0.39 is 0 Å². The third-order valence-corrected chi connectivity index (χ3v) is 6.74. The number of amides is 1. The van der Waals surface area contributed by atoms with Gasteiger partial charge in [0.05, 0.1) is 5.92 Å². The molecule has 6 nitrogen and oxygen atoms in total. The lowest BCUT2D eigenvalue weighted by Gasteiger charge is -2.42. The standard InChI is InChI=1S/C22H35N5O/c28-22(25-20-5-11-24-12-6-20)19-2-1-13-27(17-19)21-7-14-26(15-8-21)16-18-3-9-23-10-4-18/h3-4,9-10,19-21,24H,1-2,5-8,11-17H2,(H,25,28). The van der Waals surface area contributed by atoms with Crippen LogP contribution in [0.15, 0.2) is 24.5 Å². The first-order chi connectivity index (χ1) is 13.8. The van der Waals surface area contributed by atoms with Gasteiger partial charge in [-0.3, -0.25) is 19.6 Å². The Labute approximate surface area is 169 Å². The molecule has 3 aliphatic rings. The van der Waals surface area contributed by atoms with E-state index in [4.69, 9.17) is 0 Å². The van der Waals surface area contributed by atoms with Crippen molar-refractivity contribution < 1.29 is 4.79 Å². The zero-order valence-electron chi connectivity index (χ0n) is 17.0. The summed E-state index contributed by atoms with van der Waals surface area (Å²) in [7, 11) is 0. The van der Waals surface area contributed by atoms with Gasteiger partial charge < -0.3 is 10.6 Å². The van der Waals surface area contributed by atoms with E-state index in [2.05, 4.69) is 37.6 Å². The molecule has 0 aliphatic carbocycles. The van der Waals surface area contributed by atoms with E-state index in [1.54, 1.807) is 0 Å². The first-order valence-corrected chi connectivity index (χ1v) is 11.1. The fraction of sp³-hybridized carbons (Fsp3) is 0.727. The lowest BCUT2D eigenvalue weighted by Crippen LogP contribution is -2.52. The number of pyridine rings is 1. The van der Waals surface area contributed by atoms with E-state index in [9.17, 15) is 4.79 Å². The molecule has 3 fully saturated rings. The van der Waals surface area contributed by atoms with Crippen molar-refractivity contribution in [1.82, 2.24) is 25.4 Å². The Bertz CT molecular complexity index is 611. The minimum absolute atomic E-state index is 0.179. The minimum atomic E-state index is 0.179. The minimum Gasteiger partial charge on any atom is -0.353 e. The Kier molecular flexibility index (Phi) is 6.94. The first-order valence-electron chi connectivity index (χ1n) is 11.1. The summed E-state index contributed by atoms with van der Waals surface area (Å²) in [6.45, 7) is 7.49. The van der Waals surface area contributed by atoms with Gasteiger partial charge in [0, 0.05) is 37.6 Å². The number of hydrogen-bond donors (Lipinski definition) is 2. The molecular formula is C22H35N5O. The second-order valence-electron chi connectivity index (χ2n) is 8.73. The van der Waals surface area contributed by atoms with Gasteiger partial charge >= 0.3 is 0 Å². The SMILES string of the molecule is O=C(NC1CCNCC1)C1CCCN(C2CCN(Cc3ccncc3)CC2)C1. The van der Waals surface area contributed by atoms with E-state index in [1.807, 2.05) is 12.4 Å². The van der Waals surface area contributed by atoms with Crippen LogP contribution in [0.5, 0.6) is 0 Å². The number of hydrogen-bond acceptors (Lipinski definition) is 5. The van der Waals surface area contributed by atoms with E-state index in [0.717, 1.165) is 71.5 Å². The van der Waals surface area contributed by atoms with Gasteiger partial charge in [-0.15, -0.1) is 0 Å². The number of nitrogens with one attached hydrogen (secondary N) is 2. The predicted octanol–water partition coefficient (Wildman–Crippen LogP) is 1.63. The fourth-order valence-electron chi connectivity index (χ4n) is 5.03. The molecule has 0 aromatic carbocycles. The molecule has 6 heteroatoms. The lowest BCUT2D eigenvalue weighted by atomic mass is 9.92. The van der Waals surface area contributed by atoms with E-state index in [-0.39, 0.29) is 5.92 Å². The van der Waals surface area contributed by atoms with Gasteiger partial charge in [0.25, 0.3) is 0 Å². The molecule has 0 bridgehead atoms. The maximum Gasteiger partial charge on any atom is 0.224 e. The van der Waals surface area contributed by atoms with Gasteiger partial charge in [-0.1, -0.05) is 0 Å². The molecule has 1 atom stereocenters. The maximum absolute atomic E-state index is 12.8. The number of likely N-dealkylation sites (tertiary alicyclic amines) is 2. The summed E-state index contributed by atoms with van der Waals surface area (Å²) >= 11 is 0. The fourth-order valence-corrected chi connectivity index (χ4v) is 5.03. The Morgan fingerprint density at radius 1 is 1.07 bits per heavy atom. The van der Waals surface area contributed by atoms with Crippen LogP contribution in [0.2, 0.25) is 0 Å². The van der Waals surface area contributed by atoms with Crippen LogP contribution in [0.4, 0.5) is 0 Å². The molecule has 154 valence electrons. The van der Waals surface area contributed by atoms with E-state index in [0.29, 0.717) is 18.0 Å². The average Bonchev–Trinajstić information content (AvgIpc) is 2.76. The highest BCUT2D eigenvalue weighted by molar-refractivity contribution is 5.79. The van der Waals surface area contributed by atoms with Gasteiger partial charge in [-0.25, -0.2) is 0 Å². The van der Waals surface area contributed by atoms with Crippen molar-refractivity contribution in [3.8, 4) is 0 Å². The molecule has 1 aromatic rings. The highest BCUT2D eigenvalue weighted by atomic mass is 16.2. The van der Waals surface area contributed by atoms with Crippen molar-refractivity contribution in [3.63, 3.8) is 0 Å². The van der Waals surface area contributed by atoms with Crippen molar-refractivity contribution >= 4 is 5.91 Å². The van der Waals surface area contributed by atoms with Crippen LogP contribution in [0, 0.1) is 5.92 Å². The van der Waals surface area contributed by atoms with Crippen LogP contribution >= 0.6 is 0 Å². The first kappa shape index (κ1) is 19.8. The highest BCUT2D eigenvalue weighted by Gasteiger charge is 2.32. The molecule has 28 heavy (non-hydrogen) atoms. The third-order valence-electron chi connectivity index (χ3n) is 6.74. The number of aromatic nitrogens is 1. The summed E-state index contributed by atoms with van der Waals surface area (Å²) < 4.78 is 0. The Hall–Kier alpha value is -1.50. The number of nitrogens with zero attached hydrogens (tertiary/aromatic N) is 3. The number of carbonyl (C=O) groups is 1. The topological polar surface area (TPSA) is 60.5 Å². The summed E-state index contributed by atoms with van der Waals surface area (Å²) in [6, 6.07) is 5.24. The molecule has 2 N–H and O–H groups in total. The monoisotopic (exact) mass is 385 g/mol. The lowest BCUT2D eigenvalue weighted by molar-refractivity contribution is -0.128. The van der Waals surface area contributed by atoms with Gasteiger partial charge in [-0.05, 0) is 88.9 Å². The largest absolute Gasteiger partial charge is 0.353 e. The number of carbonyl (C=O) groups excluding carboxylic acids is 1. The van der Waals surface area contributed by atoms with Gasteiger partial charge in [0.1, 0.15) is 0 Å². The van der Waals surface area contributed by atoms with Crippen LogP contribution in [0.25, 0.3) is 0 Å². The smallest absolute Gasteiger partial charge is 0.224 e. The van der Waals surface area contributed by atoms with Crippen LogP contribution < -0.4 is 10.6 Å². The predicted molar refractivity (Wildman–Crippen MR) is 111 cm³/mol. The van der Waals surface area contributed by atoms with Crippen molar-refractivity contribution in [2.45, 2.75) is 57.2 Å². The molecule has 4 rings (SSSR count). The molecule has 3 saturated heterocycles. The number of piperidine rings is 3. The molecule has 4 heterocycles. The number of rotatable bonds is 5. The Morgan fingerprint density at radius 2 is 1.82 bits per heavy atom. The molecule has 0 radical (unpaired) electrons. The van der Waals surface area contributed by atoms with Crippen molar-refractivity contribution in [1.29, 1.82) is 0 Å².